The molecule has 0 aliphatic rings. The van der Waals surface area contributed by atoms with Crippen LogP contribution in [0.15, 0.2) is 42.5 Å². The van der Waals surface area contributed by atoms with Crippen LogP contribution in [0.5, 0.6) is 5.75 Å². The largest absolute Gasteiger partial charge is 0.489 e. The van der Waals surface area contributed by atoms with Gasteiger partial charge in [0.2, 0.25) is 0 Å². The van der Waals surface area contributed by atoms with E-state index in [4.69, 9.17) is 9.84 Å². The van der Waals surface area contributed by atoms with Crippen LogP contribution in [0.25, 0.3) is 0 Å². The van der Waals surface area contributed by atoms with E-state index in [1.807, 2.05) is 6.92 Å². The highest BCUT2D eigenvalue weighted by Gasteiger charge is 2.06. The summed E-state index contributed by atoms with van der Waals surface area (Å²) in [4.78, 5) is 10.8. The number of ether oxygens (including phenoxy) is 1. The fourth-order valence-electron chi connectivity index (χ4n) is 1.71. The first-order chi connectivity index (χ1) is 9.06. The molecule has 0 amide bonds. The summed E-state index contributed by atoms with van der Waals surface area (Å²) in [5.41, 5.74) is 1.94. The molecule has 0 atom stereocenters. The van der Waals surface area contributed by atoms with Gasteiger partial charge in [-0.25, -0.2) is 9.18 Å². The van der Waals surface area contributed by atoms with Crippen LogP contribution in [0.4, 0.5) is 4.39 Å². The van der Waals surface area contributed by atoms with Crippen LogP contribution < -0.4 is 4.74 Å². The van der Waals surface area contributed by atoms with Crippen molar-refractivity contribution >= 4 is 5.97 Å². The summed E-state index contributed by atoms with van der Waals surface area (Å²) in [7, 11) is 0. The summed E-state index contributed by atoms with van der Waals surface area (Å²) < 4.78 is 18.4. The van der Waals surface area contributed by atoms with Crippen LogP contribution in [0, 0.1) is 12.7 Å². The number of aromatic carboxylic acids is 1. The van der Waals surface area contributed by atoms with Gasteiger partial charge in [0.25, 0.3) is 0 Å². The molecule has 3 nitrogen and oxygen atoms in total. The molecule has 4 heteroatoms. The minimum Gasteiger partial charge on any atom is -0.489 e. The van der Waals surface area contributed by atoms with Gasteiger partial charge in [0.05, 0.1) is 5.56 Å². The summed E-state index contributed by atoms with van der Waals surface area (Å²) >= 11 is 0. The molecule has 0 fully saturated rings. The van der Waals surface area contributed by atoms with E-state index in [9.17, 15) is 9.18 Å². The molecule has 0 saturated heterocycles. The smallest absolute Gasteiger partial charge is 0.335 e. The van der Waals surface area contributed by atoms with E-state index >= 15 is 0 Å². The van der Waals surface area contributed by atoms with Crippen LogP contribution >= 0.6 is 0 Å². The van der Waals surface area contributed by atoms with Crippen LogP contribution in [-0.2, 0) is 6.61 Å². The highest BCUT2D eigenvalue weighted by atomic mass is 19.1. The van der Waals surface area contributed by atoms with Gasteiger partial charge in [-0.05, 0) is 42.3 Å². The van der Waals surface area contributed by atoms with Crippen molar-refractivity contribution in [1.29, 1.82) is 0 Å². The van der Waals surface area contributed by atoms with Crippen molar-refractivity contribution in [3.63, 3.8) is 0 Å². The molecule has 0 spiro atoms. The van der Waals surface area contributed by atoms with Crippen molar-refractivity contribution in [3.05, 3.63) is 65.0 Å². The Morgan fingerprint density at radius 1 is 1.26 bits per heavy atom. The van der Waals surface area contributed by atoms with Crippen LogP contribution in [0.3, 0.4) is 0 Å². The van der Waals surface area contributed by atoms with E-state index in [1.165, 1.54) is 18.2 Å². The Morgan fingerprint density at radius 2 is 2.05 bits per heavy atom. The molecule has 0 aromatic heterocycles. The van der Waals surface area contributed by atoms with Crippen molar-refractivity contribution in [2.45, 2.75) is 13.5 Å². The molecule has 2 aromatic rings. The van der Waals surface area contributed by atoms with E-state index < -0.39 is 5.97 Å². The average Bonchev–Trinajstić information content (AvgIpc) is 2.37. The van der Waals surface area contributed by atoms with Gasteiger partial charge in [0, 0.05) is 6.07 Å². The molecule has 19 heavy (non-hydrogen) atoms. The second-order valence-electron chi connectivity index (χ2n) is 4.19. The molecule has 0 heterocycles. The van der Waals surface area contributed by atoms with Crippen molar-refractivity contribution in [2.75, 3.05) is 0 Å². The minimum absolute atomic E-state index is 0.243. The van der Waals surface area contributed by atoms with E-state index in [0.29, 0.717) is 5.75 Å². The second-order valence-corrected chi connectivity index (χ2v) is 4.19. The predicted octanol–water partition coefficient (Wildman–Crippen LogP) is 3.41. The number of hydrogen-bond donors (Lipinski definition) is 1. The quantitative estimate of drug-likeness (QED) is 0.916. The Balaban J connectivity index is 2.10. The number of carboxylic acid groups (broad SMARTS) is 1. The highest BCUT2D eigenvalue weighted by Crippen LogP contribution is 2.17. The van der Waals surface area contributed by atoms with E-state index in [0.717, 1.165) is 11.1 Å². The lowest BCUT2D eigenvalue weighted by Gasteiger charge is -2.09. The lowest BCUT2D eigenvalue weighted by atomic mass is 10.1. The lowest BCUT2D eigenvalue weighted by Crippen LogP contribution is -2.02. The van der Waals surface area contributed by atoms with E-state index in [2.05, 4.69) is 0 Å². The molecule has 0 saturated carbocycles. The molecular formula is C15H13FO3. The minimum atomic E-state index is -0.958. The maximum atomic E-state index is 13.0. The number of aryl methyl sites for hydroxylation is 1. The molecule has 2 rings (SSSR count). The molecule has 0 unspecified atom stereocenters. The third-order valence-electron chi connectivity index (χ3n) is 2.78. The van der Waals surface area contributed by atoms with Gasteiger partial charge >= 0.3 is 5.97 Å². The Hall–Kier alpha value is -2.36. The number of carboxylic acids is 1. The van der Waals surface area contributed by atoms with Crippen molar-refractivity contribution in [3.8, 4) is 5.75 Å². The predicted molar refractivity (Wildman–Crippen MR) is 68.9 cm³/mol. The number of hydrogen-bond acceptors (Lipinski definition) is 2. The zero-order chi connectivity index (χ0) is 13.8. The van der Waals surface area contributed by atoms with Gasteiger partial charge in [0.1, 0.15) is 18.2 Å². The van der Waals surface area contributed by atoms with Gasteiger partial charge < -0.3 is 9.84 Å². The maximum Gasteiger partial charge on any atom is 0.335 e. The van der Waals surface area contributed by atoms with E-state index in [-0.39, 0.29) is 18.0 Å². The van der Waals surface area contributed by atoms with Crippen LogP contribution in [0.1, 0.15) is 21.5 Å². The van der Waals surface area contributed by atoms with E-state index in [1.54, 1.807) is 24.3 Å². The van der Waals surface area contributed by atoms with Crippen molar-refractivity contribution in [1.82, 2.24) is 0 Å². The summed E-state index contributed by atoms with van der Waals surface area (Å²) in [5.74, 6) is -0.863. The standard InChI is InChI=1S/C15H13FO3/c1-10-7-11(15(17)18)5-6-12(10)9-19-14-4-2-3-13(16)8-14/h2-8H,9H2,1H3,(H,17,18). The molecule has 0 aliphatic carbocycles. The molecule has 0 aliphatic heterocycles. The zero-order valence-corrected chi connectivity index (χ0v) is 10.4. The highest BCUT2D eigenvalue weighted by molar-refractivity contribution is 5.87. The lowest BCUT2D eigenvalue weighted by molar-refractivity contribution is 0.0696. The van der Waals surface area contributed by atoms with Gasteiger partial charge in [0.15, 0.2) is 0 Å². The first-order valence-electron chi connectivity index (χ1n) is 5.77. The third kappa shape index (κ3) is 3.31. The summed E-state index contributed by atoms with van der Waals surface area (Å²) in [6.45, 7) is 2.09. The summed E-state index contributed by atoms with van der Waals surface area (Å²) in [5, 5.41) is 8.87. The van der Waals surface area contributed by atoms with Crippen molar-refractivity contribution in [2.24, 2.45) is 0 Å². The average molecular weight is 260 g/mol. The summed E-state index contributed by atoms with van der Waals surface area (Å²) in [6, 6.07) is 10.7. The molecule has 1 N–H and O–H groups in total. The molecular weight excluding hydrogens is 247 g/mol. The number of benzene rings is 2. The Kier molecular flexibility index (Phi) is 3.80. The zero-order valence-electron chi connectivity index (χ0n) is 10.4. The van der Waals surface area contributed by atoms with Crippen LogP contribution in [-0.4, -0.2) is 11.1 Å². The van der Waals surface area contributed by atoms with Crippen LogP contribution in [0.2, 0.25) is 0 Å². The SMILES string of the molecule is Cc1cc(C(=O)O)ccc1COc1cccc(F)c1. The number of carbonyl (C=O) groups is 1. The Labute approximate surface area is 110 Å². The first kappa shape index (κ1) is 13.1. The van der Waals surface area contributed by atoms with Crippen molar-refractivity contribution < 1.29 is 19.0 Å². The first-order valence-corrected chi connectivity index (χ1v) is 5.77. The fraction of sp³-hybridized carbons (Fsp3) is 0.133. The van der Waals surface area contributed by atoms with Gasteiger partial charge in [-0.15, -0.1) is 0 Å². The number of rotatable bonds is 4. The van der Waals surface area contributed by atoms with Gasteiger partial charge in [-0.1, -0.05) is 12.1 Å². The molecule has 0 bridgehead atoms. The second kappa shape index (κ2) is 5.52. The maximum absolute atomic E-state index is 13.0. The normalized spacial score (nSPS) is 10.2. The van der Waals surface area contributed by atoms with Gasteiger partial charge in [-0.2, -0.15) is 0 Å². The topological polar surface area (TPSA) is 46.5 Å². The molecule has 0 radical (unpaired) electrons. The number of halogens is 1. The molecule has 98 valence electrons. The fourth-order valence-corrected chi connectivity index (χ4v) is 1.71. The van der Waals surface area contributed by atoms with Gasteiger partial charge in [-0.3, -0.25) is 0 Å². The third-order valence-corrected chi connectivity index (χ3v) is 2.78. The Morgan fingerprint density at radius 3 is 2.68 bits per heavy atom. The molecule has 2 aromatic carbocycles. The Bertz CT molecular complexity index is 608. The summed E-state index contributed by atoms with van der Waals surface area (Å²) in [6.07, 6.45) is 0. The monoisotopic (exact) mass is 260 g/mol.